The molecule has 1 saturated heterocycles. The number of aromatic amines is 1. The zero-order chi connectivity index (χ0) is 27.1. The second-order valence-corrected chi connectivity index (χ2v) is 12.3. The molecule has 6 rings (SSSR count). The highest BCUT2D eigenvalue weighted by Crippen LogP contribution is 2.52. The third-order valence-corrected chi connectivity index (χ3v) is 10.2. The van der Waals surface area contributed by atoms with Gasteiger partial charge in [-0.1, -0.05) is 56.5 Å². The van der Waals surface area contributed by atoms with E-state index in [0.29, 0.717) is 25.3 Å². The highest BCUT2D eigenvalue weighted by atomic mass is 19.1. The summed E-state index contributed by atoms with van der Waals surface area (Å²) in [5, 5.41) is 10.4. The number of carbonyl (C=O) groups is 1. The molecule has 4 N–H and O–H groups in total. The van der Waals surface area contributed by atoms with Gasteiger partial charge in [-0.05, 0) is 72.8 Å². The third-order valence-electron chi connectivity index (χ3n) is 10.2. The van der Waals surface area contributed by atoms with E-state index in [0.717, 1.165) is 34.2 Å². The van der Waals surface area contributed by atoms with Gasteiger partial charge >= 0.3 is 0 Å². The van der Waals surface area contributed by atoms with Crippen LogP contribution in [0.4, 0.5) is 4.39 Å². The number of likely N-dealkylation sites (tertiary alicyclic amines) is 1. The van der Waals surface area contributed by atoms with Crippen LogP contribution in [-0.4, -0.2) is 40.1 Å². The number of aromatic nitrogens is 1. The van der Waals surface area contributed by atoms with Gasteiger partial charge in [0.15, 0.2) is 0 Å². The largest absolute Gasteiger partial charge is 0.361 e. The molecule has 0 radical (unpaired) electrons. The number of carbonyl (C=O) groups excluding carboxylic acids is 1. The summed E-state index contributed by atoms with van der Waals surface area (Å²) in [7, 11) is 0. The van der Waals surface area contributed by atoms with E-state index in [1.807, 2.05) is 35.4 Å². The lowest BCUT2D eigenvalue weighted by molar-refractivity contribution is -0.132. The lowest BCUT2D eigenvalue weighted by Gasteiger charge is -2.33. The summed E-state index contributed by atoms with van der Waals surface area (Å²) in [5.74, 6) is 0.912. The summed E-state index contributed by atoms with van der Waals surface area (Å²) in [6.45, 7) is 2.85. The molecular weight excluding hydrogens is 487 g/mol. The molecule has 6 heteroatoms. The van der Waals surface area contributed by atoms with Gasteiger partial charge in [0.05, 0.1) is 6.04 Å². The molecule has 2 aromatic carbocycles. The molecule has 6 atom stereocenters. The van der Waals surface area contributed by atoms with Crippen LogP contribution in [0, 0.1) is 34.9 Å². The molecule has 2 saturated carbocycles. The molecule has 0 bridgehead atoms. The number of H-pyrrole nitrogens is 1. The summed E-state index contributed by atoms with van der Waals surface area (Å²) in [6.07, 6.45) is 10.1. The minimum absolute atomic E-state index is 0.0595. The van der Waals surface area contributed by atoms with Crippen LogP contribution in [0.1, 0.15) is 68.9 Å². The van der Waals surface area contributed by atoms with E-state index in [4.69, 9.17) is 5.73 Å². The van der Waals surface area contributed by atoms with Gasteiger partial charge in [-0.3, -0.25) is 4.79 Å². The fourth-order valence-electron chi connectivity index (χ4n) is 8.13. The van der Waals surface area contributed by atoms with Crippen LogP contribution in [0.5, 0.6) is 0 Å². The van der Waals surface area contributed by atoms with Gasteiger partial charge in [0.1, 0.15) is 5.82 Å². The van der Waals surface area contributed by atoms with E-state index in [-0.39, 0.29) is 47.5 Å². The minimum atomic E-state index is -0.262. The SMILES string of the molecule is CC(C(=N)C1CC(N)[C@@H]2[C@H]1[C@@H](c1c[nH]c3cc(F)ccc13)CN2C(=O)CCc1ccccc1)C1CCCCC1. The fourth-order valence-corrected chi connectivity index (χ4v) is 8.13. The Morgan fingerprint density at radius 2 is 1.92 bits per heavy atom. The van der Waals surface area contributed by atoms with Crippen molar-refractivity contribution in [2.45, 2.75) is 76.3 Å². The van der Waals surface area contributed by atoms with E-state index in [2.05, 4.69) is 24.0 Å². The van der Waals surface area contributed by atoms with E-state index in [1.54, 1.807) is 6.07 Å². The Hall–Kier alpha value is -2.99. The first kappa shape index (κ1) is 26.2. The summed E-state index contributed by atoms with van der Waals surface area (Å²) in [6, 6.07) is 14.8. The van der Waals surface area contributed by atoms with Gasteiger partial charge in [-0.2, -0.15) is 0 Å². The molecule has 3 aliphatic rings. The van der Waals surface area contributed by atoms with Gasteiger partial charge in [0, 0.05) is 53.7 Å². The number of amides is 1. The molecule has 1 aliphatic heterocycles. The monoisotopic (exact) mass is 528 g/mol. The normalized spacial score (nSPS) is 28.1. The molecule has 2 heterocycles. The Morgan fingerprint density at radius 3 is 2.69 bits per heavy atom. The number of benzene rings is 2. The average Bonchev–Trinajstić information content (AvgIpc) is 3.65. The predicted octanol–water partition coefficient (Wildman–Crippen LogP) is 6.43. The summed E-state index contributed by atoms with van der Waals surface area (Å²) in [5.41, 5.74) is 10.8. The number of nitrogens with two attached hydrogens (primary N) is 1. The van der Waals surface area contributed by atoms with Gasteiger partial charge in [-0.25, -0.2) is 4.39 Å². The number of nitrogens with one attached hydrogen (secondary N) is 2. The van der Waals surface area contributed by atoms with Crippen molar-refractivity contribution < 1.29 is 9.18 Å². The fraction of sp³-hybridized carbons (Fsp3) is 0.515. The van der Waals surface area contributed by atoms with Crippen LogP contribution < -0.4 is 5.73 Å². The van der Waals surface area contributed by atoms with E-state index < -0.39 is 0 Å². The maximum atomic E-state index is 14.0. The van der Waals surface area contributed by atoms with Crippen molar-refractivity contribution in [3.8, 4) is 0 Å². The number of halogens is 1. The molecule has 1 aromatic heterocycles. The predicted molar refractivity (Wildman–Crippen MR) is 154 cm³/mol. The van der Waals surface area contributed by atoms with Crippen LogP contribution in [0.3, 0.4) is 0 Å². The zero-order valence-electron chi connectivity index (χ0n) is 22.9. The van der Waals surface area contributed by atoms with Gasteiger partial charge < -0.3 is 21.0 Å². The summed E-state index contributed by atoms with van der Waals surface area (Å²) in [4.78, 5) is 19.1. The van der Waals surface area contributed by atoms with Crippen molar-refractivity contribution in [2.75, 3.05) is 6.54 Å². The van der Waals surface area contributed by atoms with Crippen LogP contribution in [0.2, 0.25) is 0 Å². The Labute approximate surface area is 230 Å². The maximum absolute atomic E-state index is 14.0. The topological polar surface area (TPSA) is 86.0 Å². The van der Waals surface area contributed by atoms with E-state index in [1.165, 1.54) is 38.2 Å². The van der Waals surface area contributed by atoms with Crippen molar-refractivity contribution in [3.63, 3.8) is 0 Å². The van der Waals surface area contributed by atoms with Crippen molar-refractivity contribution in [2.24, 2.45) is 29.4 Å². The minimum Gasteiger partial charge on any atom is -0.361 e. The Bertz CT molecular complexity index is 1330. The van der Waals surface area contributed by atoms with Crippen molar-refractivity contribution in [1.82, 2.24) is 9.88 Å². The Morgan fingerprint density at radius 1 is 1.15 bits per heavy atom. The van der Waals surface area contributed by atoms with Crippen LogP contribution in [-0.2, 0) is 11.2 Å². The lowest BCUT2D eigenvalue weighted by Crippen LogP contribution is -2.46. The second kappa shape index (κ2) is 10.9. The van der Waals surface area contributed by atoms with E-state index >= 15 is 0 Å². The smallest absolute Gasteiger partial charge is 0.223 e. The second-order valence-electron chi connectivity index (χ2n) is 12.3. The average molecular weight is 529 g/mol. The zero-order valence-corrected chi connectivity index (χ0v) is 22.9. The molecular formula is C33H41FN4O. The van der Waals surface area contributed by atoms with Gasteiger partial charge in [-0.15, -0.1) is 0 Å². The molecule has 39 heavy (non-hydrogen) atoms. The molecule has 0 spiro atoms. The molecule has 206 valence electrons. The number of rotatable bonds is 7. The summed E-state index contributed by atoms with van der Waals surface area (Å²) < 4.78 is 14.0. The number of hydrogen-bond acceptors (Lipinski definition) is 3. The number of hydrogen-bond donors (Lipinski definition) is 3. The summed E-state index contributed by atoms with van der Waals surface area (Å²) >= 11 is 0. The molecule has 3 unspecified atom stereocenters. The Balaban J connectivity index is 1.31. The van der Waals surface area contributed by atoms with Crippen molar-refractivity contribution in [1.29, 1.82) is 5.41 Å². The maximum Gasteiger partial charge on any atom is 0.223 e. The highest BCUT2D eigenvalue weighted by Gasteiger charge is 2.56. The third kappa shape index (κ3) is 4.93. The highest BCUT2D eigenvalue weighted by molar-refractivity contribution is 5.89. The lowest BCUT2D eigenvalue weighted by atomic mass is 9.71. The van der Waals surface area contributed by atoms with Gasteiger partial charge in [0.25, 0.3) is 0 Å². The molecule has 3 aromatic rings. The number of fused-ring (bicyclic) bond motifs is 2. The van der Waals surface area contributed by atoms with Gasteiger partial charge in [0.2, 0.25) is 5.91 Å². The quantitative estimate of drug-likeness (QED) is 0.309. The van der Waals surface area contributed by atoms with Crippen LogP contribution >= 0.6 is 0 Å². The molecule has 3 fully saturated rings. The van der Waals surface area contributed by atoms with Crippen molar-refractivity contribution in [3.05, 3.63) is 71.7 Å². The van der Waals surface area contributed by atoms with Crippen molar-refractivity contribution >= 4 is 22.5 Å². The Kier molecular flexibility index (Phi) is 7.32. The number of aryl methyl sites for hydroxylation is 1. The van der Waals surface area contributed by atoms with Crippen LogP contribution in [0.15, 0.2) is 54.7 Å². The van der Waals surface area contributed by atoms with E-state index in [9.17, 15) is 14.6 Å². The first-order chi connectivity index (χ1) is 18.9. The molecule has 2 aliphatic carbocycles. The van der Waals surface area contributed by atoms with Crippen LogP contribution in [0.25, 0.3) is 10.9 Å². The first-order valence-electron chi connectivity index (χ1n) is 14.9. The molecule has 5 nitrogen and oxygen atoms in total. The standard InChI is InChI=1S/C33H41FN4O/c1-20(22-10-6-3-7-11-22)32(36)25-17-28(35)33-31(25)27(26-18-37-29-16-23(34)13-14-24(26)29)19-38(33)30(39)15-12-21-8-4-2-5-9-21/h2,4-5,8-9,13-14,16,18,20,22,25,27-28,31,33,36-37H,3,6-7,10-12,15,17,19,35H2,1H3/t20?,25?,27-,28?,31-,33-/m1/s1. The molecule has 1 amide bonds. The number of nitrogens with zero attached hydrogens (tertiary/aromatic N) is 1. The first-order valence-corrected chi connectivity index (χ1v) is 14.9.